The summed E-state index contributed by atoms with van der Waals surface area (Å²) in [5, 5.41) is 3.63. The Balaban J connectivity index is 1.52. The van der Waals surface area contributed by atoms with Gasteiger partial charge in [-0.2, -0.15) is 4.28 Å². The van der Waals surface area contributed by atoms with E-state index < -0.39 is 22.8 Å². The zero-order valence-electron chi connectivity index (χ0n) is 16.7. The van der Waals surface area contributed by atoms with Crippen molar-refractivity contribution in [3.8, 4) is 0 Å². The second kappa shape index (κ2) is 10.2. The summed E-state index contributed by atoms with van der Waals surface area (Å²) in [6.45, 7) is 1.10. The summed E-state index contributed by atoms with van der Waals surface area (Å²) in [5.74, 6) is -0.780. The number of nitrogens with one attached hydrogen (secondary N) is 1. The van der Waals surface area contributed by atoms with Crippen LogP contribution in [0.15, 0.2) is 54.6 Å². The van der Waals surface area contributed by atoms with Crippen molar-refractivity contribution in [2.75, 3.05) is 30.5 Å². The maximum atomic E-state index is 12.5. The Morgan fingerprint density at radius 3 is 2.47 bits per heavy atom. The van der Waals surface area contributed by atoms with Crippen molar-refractivity contribution in [2.24, 2.45) is 5.92 Å². The largest absolute Gasteiger partial charge is 0.334 e. The summed E-state index contributed by atoms with van der Waals surface area (Å²) in [6.07, 6.45) is 2.70. The van der Waals surface area contributed by atoms with Gasteiger partial charge in [0.25, 0.3) is 11.0 Å². The van der Waals surface area contributed by atoms with E-state index in [0.29, 0.717) is 30.4 Å². The molecule has 2 aromatic rings. The van der Waals surface area contributed by atoms with Crippen molar-refractivity contribution in [3.63, 3.8) is 0 Å². The predicted molar refractivity (Wildman–Crippen MR) is 114 cm³/mol. The molecule has 1 N–H and O–H groups in total. The van der Waals surface area contributed by atoms with Crippen LogP contribution < -0.4 is 10.4 Å². The molecule has 0 aliphatic carbocycles. The highest BCUT2D eigenvalue weighted by Gasteiger charge is 2.27. The van der Waals surface area contributed by atoms with E-state index in [1.165, 1.54) is 18.7 Å². The van der Waals surface area contributed by atoms with Gasteiger partial charge >= 0.3 is 11.8 Å². The van der Waals surface area contributed by atoms with Gasteiger partial charge in [-0.05, 0) is 48.9 Å². The summed E-state index contributed by atoms with van der Waals surface area (Å²) in [5.41, 5.74) is 2.08. The molecule has 8 nitrogen and oxygen atoms in total. The Morgan fingerprint density at radius 2 is 1.80 bits per heavy atom. The molecule has 1 aliphatic rings. The van der Waals surface area contributed by atoms with Crippen LogP contribution in [0.1, 0.15) is 18.4 Å². The van der Waals surface area contributed by atoms with Crippen molar-refractivity contribution < 1.29 is 22.3 Å². The SMILES string of the molecule is CN(O[SH](=O)=O)c1cccc(NC(=O)C(=O)N2CCC(Cc3ccccc3)CC2)c1. The second-order valence-electron chi connectivity index (χ2n) is 7.23. The minimum atomic E-state index is -3.05. The standard InChI is InChI=1S/C21H25N3O5S/c1-23(29-30(27)28)19-9-5-8-18(15-19)22-20(25)21(26)24-12-10-17(11-13-24)14-16-6-3-2-4-7-16/h2-9,15,17,30H,10-14H2,1H3,(H,22,25). The zero-order valence-corrected chi connectivity index (χ0v) is 17.6. The topological polar surface area (TPSA) is 96.0 Å². The van der Waals surface area contributed by atoms with Crippen LogP contribution >= 0.6 is 0 Å². The average Bonchev–Trinajstić information content (AvgIpc) is 2.74. The van der Waals surface area contributed by atoms with Crippen LogP contribution in [0.4, 0.5) is 11.4 Å². The van der Waals surface area contributed by atoms with E-state index in [9.17, 15) is 18.0 Å². The van der Waals surface area contributed by atoms with E-state index in [0.717, 1.165) is 24.3 Å². The number of hydroxylamine groups is 1. The Bertz CT molecular complexity index is 948. The minimum absolute atomic E-state index is 0.376. The van der Waals surface area contributed by atoms with E-state index >= 15 is 0 Å². The maximum absolute atomic E-state index is 12.5. The first-order valence-corrected chi connectivity index (χ1v) is 10.8. The Morgan fingerprint density at radius 1 is 1.10 bits per heavy atom. The molecule has 30 heavy (non-hydrogen) atoms. The number of thiol groups is 1. The number of likely N-dealkylation sites (tertiary alicyclic amines) is 1. The number of hydrogen-bond donors (Lipinski definition) is 2. The molecule has 2 amide bonds. The summed E-state index contributed by atoms with van der Waals surface area (Å²) in [7, 11) is -1.62. The molecule has 0 unspecified atom stereocenters. The number of nitrogens with zero attached hydrogens (tertiary/aromatic N) is 2. The van der Waals surface area contributed by atoms with Gasteiger partial charge in [-0.3, -0.25) is 9.59 Å². The lowest BCUT2D eigenvalue weighted by Crippen LogP contribution is -2.44. The lowest BCUT2D eigenvalue weighted by molar-refractivity contribution is -0.144. The normalized spacial score (nSPS) is 14.5. The van der Waals surface area contributed by atoms with Gasteiger partial charge < -0.3 is 10.2 Å². The van der Waals surface area contributed by atoms with Crippen LogP contribution in [0.5, 0.6) is 0 Å². The summed E-state index contributed by atoms with van der Waals surface area (Å²) < 4.78 is 26.0. The molecule has 1 fully saturated rings. The molecule has 1 heterocycles. The number of carbonyl (C=O) groups is 2. The molecule has 2 aromatic carbocycles. The van der Waals surface area contributed by atoms with E-state index in [4.69, 9.17) is 0 Å². The Labute approximate surface area is 177 Å². The molecule has 1 saturated heterocycles. The van der Waals surface area contributed by atoms with E-state index in [1.54, 1.807) is 23.1 Å². The highest BCUT2D eigenvalue weighted by Crippen LogP contribution is 2.22. The average molecular weight is 432 g/mol. The molecular weight excluding hydrogens is 406 g/mol. The van der Waals surface area contributed by atoms with Crippen molar-refractivity contribution in [1.82, 2.24) is 4.90 Å². The van der Waals surface area contributed by atoms with E-state index in [1.807, 2.05) is 18.2 Å². The molecule has 0 aromatic heterocycles. The molecule has 0 saturated carbocycles. The summed E-state index contributed by atoms with van der Waals surface area (Å²) in [4.78, 5) is 26.5. The van der Waals surface area contributed by atoms with Gasteiger partial charge in [0.05, 0.1) is 5.69 Å². The van der Waals surface area contributed by atoms with Crippen molar-refractivity contribution in [3.05, 3.63) is 60.2 Å². The smallest absolute Gasteiger partial charge is 0.313 e. The van der Waals surface area contributed by atoms with Gasteiger partial charge in [0.1, 0.15) is 0 Å². The van der Waals surface area contributed by atoms with E-state index in [2.05, 4.69) is 21.7 Å². The summed E-state index contributed by atoms with van der Waals surface area (Å²) >= 11 is 0. The lowest BCUT2D eigenvalue weighted by Gasteiger charge is -2.31. The van der Waals surface area contributed by atoms with Crippen LogP contribution in [-0.2, 0) is 31.3 Å². The third kappa shape index (κ3) is 6.04. The third-order valence-corrected chi connectivity index (χ3v) is 5.50. The van der Waals surface area contributed by atoms with Crippen LogP contribution in [0.25, 0.3) is 0 Å². The number of amides is 2. The molecule has 0 bridgehead atoms. The fraction of sp³-hybridized carbons (Fsp3) is 0.333. The third-order valence-electron chi connectivity index (χ3n) is 5.12. The van der Waals surface area contributed by atoms with Crippen LogP contribution in [0.2, 0.25) is 0 Å². The molecule has 0 spiro atoms. The fourth-order valence-corrected chi connectivity index (χ4v) is 3.84. The number of piperidine rings is 1. The van der Waals surface area contributed by atoms with E-state index in [-0.39, 0.29) is 0 Å². The molecule has 3 rings (SSSR count). The lowest BCUT2D eigenvalue weighted by atomic mass is 9.90. The van der Waals surface area contributed by atoms with Gasteiger partial charge in [0.15, 0.2) is 0 Å². The molecule has 9 heteroatoms. The highest BCUT2D eigenvalue weighted by molar-refractivity contribution is 7.67. The van der Waals surface area contributed by atoms with Gasteiger partial charge in [-0.1, -0.05) is 36.4 Å². The molecular formula is C21H25N3O5S. The molecule has 0 atom stereocenters. The first-order chi connectivity index (χ1) is 14.4. The minimum Gasteiger partial charge on any atom is -0.334 e. The van der Waals surface area contributed by atoms with Crippen molar-refractivity contribution in [1.29, 1.82) is 0 Å². The van der Waals surface area contributed by atoms with Crippen molar-refractivity contribution >= 4 is 34.2 Å². The van der Waals surface area contributed by atoms with Crippen LogP contribution in [0, 0.1) is 5.92 Å². The number of hydrogen-bond acceptors (Lipinski definition) is 6. The Hall–Kier alpha value is -2.91. The number of carbonyl (C=O) groups excluding carboxylic acids is 2. The first kappa shape index (κ1) is 21.8. The van der Waals surface area contributed by atoms with Gasteiger partial charge in [-0.15, -0.1) is 0 Å². The maximum Gasteiger partial charge on any atom is 0.313 e. The van der Waals surface area contributed by atoms with Crippen LogP contribution in [-0.4, -0.2) is 45.3 Å². The molecule has 160 valence electrons. The van der Waals surface area contributed by atoms with Crippen molar-refractivity contribution in [2.45, 2.75) is 19.3 Å². The first-order valence-electron chi connectivity index (χ1n) is 9.73. The second-order valence-corrected chi connectivity index (χ2v) is 7.84. The van der Waals surface area contributed by atoms with Crippen LogP contribution in [0.3, 0.4) is 0 Å². The molecule has 1 aliphatic heterocycles. The summed E-state index contributed by atoms with van der Waals surface area (Å²) in [6, 6.07) is 16.6. The Kier molecular flexibility index (Phi) is 7.42. The number of benzene rings is 2. The number of anilines is 2. The molecule has 0 radical (unpaired) electrons. The monoisotopic (exact) mass is 431 g/mol. The van der Waals surface area contributed by atoms with Gasteiger partial charge in [0.2, 0.25) is 0 Å². The highest BCUT2D eigenvalue weighted by atomic mass is 32.2. The number of rotatable bonds is 6. The fourth-order valence-electron chi connectivity index (χ4n) is 3.54. The predicted octanol–water partition coefficient (Wildman–Crippen LogP) is 2.00. The zero-order chi connectivity index (χ0) is 21.5. The van der Waals surface area contributed by atoms with Gasteiger partial charge in [0, 0.05) is 25.8 Å². The van der Waals surface area contributed by atoms with Gasteiger partial charge in [-0.25, -0.2) is 13.5 Å². The quantitative estimate of drug-likeness (QED) is 0.413.